The number of nitrogen functional groups attached to an aromatic ring is 1. The van der Waals surface area contributed by atoms with Crippen molar-refractivity contribution in [1.29, 1.82) is 0 Å². The van der Waals surface area contributed by atoms with Crippen molar-refractivity contribution in [2.24, 2.45) is 5.84 Å². The average molecular weight is 291 g/mol. The van der Waals surface area contributed by atoms with Gasteiger partial charge in [0.2, 0.25) is 0 Å². The molecule has 3 rings (SSSR count). The van der Waals surface area contributed by atoms with E-state index in [0.717, 1.165) is 23.5 Å². The quantitative estimate of drug-likeness (QED) is 0.517. The first-order chi connectivity index (χ1) is 9.67. The van der Waals surface area contributed by atoms with E-state index in [-0.39, 0.29) is 11.7 Å². The van der Waals surface area contributed by atoms with Gasteiger partial charge < -0.3 is 4.90 Å². The van der Waals surface area contributed by atoms with Crippen molar-refractivity contribution in [3.05, 3.63) is 51.5 Å². The fraction of sp³-hybridized carbons (Fsp3) is 0.214. The molecule has 4 nitrogen and oxygen atoms in total. The number of nitrogens with two attached hydrogens (primary N) is 1. The second-order valence-corrected chi connectivity index (χ2v) is 5.85. The lowest BCUT2D eigenvalue weighted by atomic mass is 10.2. The number of hydrazine groups is 1. The zero-order chi connectivity index (χ0) is 14.1. The van der Waals surface area contributed by atoms with E-state index in [2.05, 4.69) is 10.3 Å². The number of carbonyl (C=O) groups excluding carboxylic acids is 1. The number of nitrogens with zero attached hydrogens (tertiary/aromatic N) is 1. The first-order valence-corrected chi connectivity index (χ1v) is 7.12. The molecule has 0 unspecified atom stereocenters. The Labute approximate surface area is 120 Å². The van der Waals surface area contributed by atoms with Crippen LogP contribution >= 0.6 is 11.3 Å². The van der Waals surface area contributed by atoms with Crippen LogP contribution in [0.1, 0.15) is 20.1 Å². The Bertz CT molecular complexity index is 656. The highest BCUT2D eigenvalue weighted by Crippen LogP contribution is 2.31. The number of hydrogen-bond acceptors (Lipinski definition) is 4. The highest BCUT2D eigenvalue weighted by molar-refractivity contribution is 7.14. The maximum Gasteiger partial charge on any atom is 0.275 e. The molecule has 2 aromatic rings. The van der Waals surface area contributed by atoms with Gasteiger partial charge in [-0.15, -0.1) is 11.3 Å². The number of fused-ring (bicyclic) bond motifs is 1. The normalized spacial score (nSPS) is 13.4. The minimum atomic E-state index is -0.283. The molecule has 0 aliphatic carbocycles. The van der Waals surface area contributed by atoms with Crippen LogP contribution in [0.2, 0.25) is 0 Å². The Morgan fingerprint density at radius 3 is 3.05 bits per heavy atom. The van der Waals surface area contributed by atoms with E-state index in [4.69, 9.17) is 5.84 Å². The topological polar surface area (TPSA) is 58.4 Å². The maximum absolute atomic E-state index is 13.3. The number of carbonyl (C=O) groups is 1. The van der Waals surface area contributed by atoms with E-state index in [0.29, 0.717) is 11.4 Å². The molecule has 104 valence electrons. The molecule has 0 saturated heterocycles. The van der Waals surface area contributed by atoms with Gasteiger partial charge in [-0.1, -0.05) is 6.07 Å². The molecule has 0 saturated carbocycles. The van der Waals surface area contributed by atoms with Crippen molar-refractivity contribution in [2.75, 3.05) is 11.4 Å². The SMILES string of the molecule is NNC(=O)c1ccc(CN2CCc3ccc(F)cc32)s1. The minimum Gasteiger partial charge on any atom is -0.366 e. The first kappa shape index (κ1) is 13.1. The molecule has 0 fully saturated rings. The molecule has 0 bridgehead atoms. The second kappa shape index (κ2) is 5.22. The van der Waals surface area contributed by atoms with Crippen LogP contribution in [-0.4, -0.2) is 12.5 Å². The van der Waals surface area contributed by atoms with Gasteiger partial charge in [0.1, 0.15) is 5.82 Å². The highest BCUT2D eigenvalue weighted by atomic mass is 32.1. The third kappa shape index (κ3) is 2.39. The van der Waals surface area contributed by atoms with Gasteiger partial charge in [-0.05, 0) is 36.2 Å². The molecule has 1 aromatic carbocycles. The molecule has 0 atom stereocenters. The Kier molecular flexibility index (Phi) is 3.42. The van der Waals surface area contributed by atoms with Crippen molar-refractivity contribution in [2.45, 2.75) is 13.0 Å². The summed E-state index contributed by atoms with van der Waals surface area (Å²) in [6.07, 6.45) is 0.928. The fourth-order valence-electron chi connectivity index (χ4n) is 2.43. The third-order valence-electron chi connectivity index (χ3n) is 3.40. The van der Waals surface area contributed by atoms with Crippen molar-refractivity contribution < 1.29 is 9.18 Å². The molecule has 1 aliphatic heterocycles. The van der Waals surface area contributed by atoms with Gasteiger partial charge in [0.15, 0.2) is 0 Å². The van der Waals surface area contributed by atoms with Crippen LogP contribution in [0.4, 0.5) is 10.1 Å². The summed E-state index contributed by atoms with van der Waals surface area (Å²) in [6, 6.07) is 8.57. The van der Waals surface area contributed by atoms with Crippen LogP contribution in [-0.2, 0) is 13.0 Å². The van der Waals surface area contributed by atoms with Crippen LogP contribution < -0.4 is 16.2 Å². The van der Waals surface area contributed by atoms with Gasteiger partial charge in [0.25, 0.3) is 5.91 Å². The monoisotopic (exact) mass is 291 g/mol. The predicted molar refractivity (Wildman–Crippen MR) is 77.1 cm³/mol. The number of anilines is 1. The number of halogens is 1. The molecular formula is C14H14FN3OS. The Balaban J connectivity index is 1.79. The van der Waals surface area contributed by atoms with E-state index in [1.54, 1.807) is 12.1 Å². The smallest absolute Gasteiger partial charge is 0.275 e. The summed E-state index contributed by atoms with van der Waals surface area (Å²) >= 11 is 1.40. The molecule has 3 N–H and O–H groups in total. The largest absolute Gasteiger partial charge is 0.366 e. The lowest BCUT2D eigenvalue weighted by Gasteiger charge is -2.18. The molecule has 1 aliphatic rings. The number of thiophene rings is 1. The van der Waals surface area contributed by atoms with Crippen molar-refractivity contribution in [1.82, 2.24) is 5.43 Å². The molecule has 6 heteroatoms. The molecule has 20 heavy (non-hydrogen) atoms. The first-order valence-electron chi connectivity index (χ1n) is 6.30. The van der Waals surface area contributed by atoms with Gasteiger partial charge >= 0.3 is 0 Å². The summed E-state index contributed by atoms with van der Waals surface area (Å²) in [4.78, 5) is 15.2. The molecule has 0 radical (unpaired) electrons. The lowest BCUT2D eigenvalue weighted by molar-refractivity contribution is 0.0957. The number of nitrogens with one attached hydrogen (secondary N) is 1. The molecule has 1 aromatic heterocycles. The highest BCUT2D eigenvalue weighted by Gasteiger charge is 2.20. The molecular weight excluding hydrogens is 277 g/mol. The van der Waals surface area contributed by atoms with Gasteiger partial charge in [-0.3, -0.25) is 10.2 Å². The van der Waals surface area contributed by atoms with Gasteiger partial charge in [0, 0.05) is 17.1 Å². The number of rotatable bonds is 3. The van der Waals surface area contributed by atoms with Crippen LogP contribution in [0.25, 0.3) is 0 Å². The van der Waals surface area contributed by atoms with E-state index in [1.807, 2.05) is 12.1 Å². The minimum absolute atomic E-state index is 0.218. The van der Waals surface area contributed by atoms with Crippen LogP contribution in [0.3, 0.4) is 0 Å². The van der Waals surface area contributed by atoms with E-state index < -0.39 is 0 Å². The maximum atomic E-state index is 13.3. The van der Waals surface area contributed by atoms with Gasteiger partial charge in [-0.2, -0.15) is 0 Å². The Morgan fingerprint density at radius 2 is 2.25 bits per heavy atom. The van der Waals surface area contributed by atoms with Crippen molar-refractivity contribution >= 4 is 22.9 Å². The standard InChI is InChI=1S/C14H14FN3OS/c15-10-2-1-9-5-6-18(12(9)7-10)8-11-3-4-13(20-11)14(19)17-16/h1-4,7H,5-6,8,16H2,(H,17,19). The van der Waals surface area contributed by atoms with Gasteiger partial charge in [0.05, 0.1) is 11.4 Å². The zero-order valence-electron chi connectivity index (χ0n) is 10.7. The van der Waals surface area contributed by atoms with E-state index >= 15 is 0 Å². The molecule has 2 heterocycles. The fourth-order valence-corrected chi connectivity index (χ4v) is 3.35. The Hall–Kier alpha value is -1.92. The van der Waals surface area contributed by atoms with E-state index in [1.165, 1.54) is 23.0 Å². The number of amides is 1. The molecule has 0 spiro atoms. The lowest BCUT2D eigenvalue weighted by Crippen LogP contribution is -2.29. The number of hydrogen-bond donors (Lipinski definition) is 2. The summed E-state index contributed by atoms with van der Waals surface area (Å²) in [7, 11) is 0. The summed E-state index contributed by atoms with van der Waals surface area (Å²) in [5.41, 5.74) is 4.24. The van der Waals surface area contributed by atoms with Crippen LogP contribution in [0, 0.1) is 5.82 Å². The van der Waals surface area contributed by atoms with E-state index in [9.17, 15) is 9.18 Å². The van der Waals surface area contributed by atoms with Gasteiger partial charge in [-0.25, -0.2) is 10.2 Å². The van der Waals surface area contributed by atoms with Crippen LogP contribution in [0.15, 0.2) is 30.3 Å². The zero-order valence-corrected chi connectivity index (χ0v) is 11.5. The Morgan fingerprint density at radius 1 is 1.40 bits per heavy atom. The van der Waals surface area contributed by atoms with Crippen LogP contribution in [0.5, 0.6) is 0 Å². The van der Waals surface area contributed by atoms with Crippen molar-refractivity contribution in [3.8, 4) is 0 Å². The predicted octanol–water partition coefficient (Wildman–Crippen LogP) is 2.05. The summed E-state index contributed by atoms with van der Waals surface area (Å²) in [5, 5.41) is 0. The summed E-state index contributed by atoms with van der Waals surface area (Å²) < 4.78 is 13.3. The summed E-state index contributed by atoms with van der Waals surface area (Å²) in [5.74, 6) is 4.61. The van der Waals surface area contributed by atoms with Crippen molar-refractivity contribution in [3.63, 3.8) is 0 Å². The second-order valence-electron chi connectivity index (χ2n) is 4.68. The average Bonchev–Trinajstić information content (AvgIpc) is 3.06. The summed E-state index contributed by atoms with van der Waals surface area (Å²) in [6.45, 7) is 1.55. The third-order valence-corrected chi connectivity index (χ3v) is 4.47. The number of benzene rings is 1. The molecule has 1 amide bonds.